The Morgan fingerprint density at radius 2 is 1.82 bits per heavy atom. The predicted octanol–water partition coefficient (Wildman–Crippen LogP) is 6.30. The second kappa shape index (κ2) is 5.23. The SMILES string of the molecule is CC1(C)C2=C(CC[C@H](c3ccccc3)C2)c2ccc(I)cc21. The van der Waals surface area contributed by atoms with Crippen molar-refractivity contribution in [1.82, 2.24) is 0 Å². The van der Waals surface area contributed by atoms with Gasteiger partial charge in [0.25, 0.3) is 0 Å². The molecular weight excluding hydrogens is 379 g/mol. The summed E-state index contributed by atoms with van der Waals surface area (Å²) in [4.78, 5) is 0. The molecule has 0 amide bonds. The van der Waals surface area contributed by atoms with Gasteiger partial charge in [0.2, 0.25) is 0 Å². The Bertz CT molecular complexity index is 753. The van der Waals surface area contributed by atoms with Crippen molar-refractivity contribution >= 4 is 28.2 Å². The van der Waals surface area contributed by atoms with E-state index in [1.165, 1.54) is 39.5 Å². The molecule has 4 rings (SSSR count). The second-order valence-electron chi connectivity index (χ2n) is 7.12. The molecule has 0 fully saturated rings. The Morgan fingerprint density at radius 3 is 2.59 bits per heavy atom. The number of hydrogen-bond acceptors (Lipinski definition) is 0. The highest BCUT2D eigenvalue weighted by Crippen LogP contribution is 2.54. The van der Waals surface area contributed by atoms with Crippen LogP contribution >= 0.6 is 22.6 Å². The third-order valence-electron chi connectivity index (χ3n) is 5.56. The number of fused-ring (bicyclic) bond motifs is 2. The van der Waals surface area contributed by atoms with E-state index in [1.807, 2.05) is 0 Å². The van der Waals surface area contributed by atoms with E-state index in [0.717, 1.165) is 0 Å². The minimum atomic E-state index is 0.194. The third-order valence-corrected chi connectivity index (χ3v) is 6.23. The zero-order valence-electron chi connectivity index (χ0n) is 13.2. The summed E-state index contributed by atoms with van der Waals surface area (Å²) in [5.41, 5.74) is 8.09. The first kappa shape index (κ1) is 14.5. The van der Waals surface area contributed by atoms with E-state index in [1.54, 1.807) is 11.1 Å². The molecule has 1 atom stereocenters. The van der Waals surface area contributed by atoms with Crippen LogP contribution in [0.4, 0.5) is 0 Å². The smallest absolute Gasteiger partial charge is 0.0133 e. The van der Waals surface area contributed by atoms with Crippen molar-refractivity contribution in [3.63, 3.8) is 0 Å². The molecular formula is C21H21I. The minimum absolute atomic E-state index is 0.194. The average Bonchev–Trinajstić information content (AvgIpc) is 2.76. The number of benzene rings is 2. The molecule has 0 aromatic heterocycles. The molecule has 2 aromatic rings. The van der Waals surface area contributed by atoms with Crippen molar-refractivity contribution in [2.24, 2.45) is 0 Å². The summed E-state index contributed by atoms with van der Waals surface area (Å²) in [7, 11) is 0. The third kappa shape index (κ3) is 2.17. The highest BCUT2D eigenvalue weighted by Gasteiger charge is 2.40. The maximum atomic E-state index is 2.44. The fraction of sp³-hybridized carbons (Fsp3) is 0.333. The van der Waals surface area contributed by atoms with E-state index in [2.05, 4.69) is 85.0 Å². The molecule has 2 aliphatic carbocycles. The van der Waals surface area contributed by atoms with Crippen LogP contribution in [-0.2, 0) is 5.41 Å². The summed E-state index contributed by atoms with van der Waals surface area (Å²) in [6.07, 6.45) is 3.73. The summed E-state index contributed by atoms with van der Waals surface area (Å²) in [6, 6.07) is 18.1. The molecule has 0 bridgehead atoms. The molecule has 0 saturated carbocycles. The lowest BCUT2D eigenvalue weighted by atomic mass is 9.73. The quantitative estimate of drug-likeness (QED) is 0.493. The maximum absolute atomic E-state index is 2.44. The standard InChI is InChI=1S/C21H21I/c1-21(2)19-12-15(14-6-4-3-5-7-14)8-10-17(19)18-11-9-16(22)13-20(18)21/h3-7,9,11,13,15H,8,10,12H2,1-2H3/t15-/m0/s1. The van der Waals surface area contributed by atoms with Gasteiger partial charge in [-0.3, -0.25) is 0 Å². The minimum Gasteiger partial charge on any atom is -0.0622 e. The summed E-state index contributed by atoms with van der Waals surface area (Å²) < 4.78 is 1.35. The monoisotopic (exact) mass is 400 g/mol. The van der Waals surface area contributed by atoms with Crippen molar-refractivity contribution in [3.8, 4) is 0 Å². The molecule has 0 radical (unpaired) electrons. The van der Waals surface area contributed by atoms with Crippen molar-refractivity contribution in [2.45, 2.75) is 44.4 Å². The Hall–Kier alpha value is -1.09. The Kier molecular flexibility index (Phi) is 3.44. The normalized spacial score (nSPS) is 22.4. The first-order valence-electron chi connectivity index (χ1n) is 8.15. The number of allylic oxidation sites excluding steroid dienone is 2. The van der Waals surface area contributed by atoms with Gasteiger partial charge in [0.05, 0.1) is 0 Å². The predicted molar refractivity (Wildman–Crippen MR) is 102 cm³/mol. The average molecular weight is 400 g/mol. The molecule has 0 N–H and O–H groups in total. The highest BCUT2D eigenvalue weighted by atomic mass is 127. The second-order valence-corrected chi connectivity index (χ2v) is 8.37. The maximum Gasteiger partial charge on any atom is 0.0133 e. The van der Waals surface area contributed by atoms with Gasteiger partial charge in [0.1, 0.15) is 0 Å². The first-order chi connectivity index (χ1) is 10.6. The van der Waals surface area contributed by atoms with Crippen LogP contribution in [-0.4, -0.2) is 0 Å². The van der Waals surface area contributed by atoms with Crippen LogP contribution in [0.15, 0.2) is 54.1 Å². The molecule has 22 heavy (non-hydrogen) atoms. The zero-order chi connectivity index (χ0) is 15.3. The Morgan fingerprint density at radius 1 is 1.05 bits per heavy atom. The Balaban J connectivity index is 1.75. The van der Waals surface area contributed by atoms with E-state index in [4.69, 9.17) is 0 Å². The summed E-state index contributed by atoms with van der Waals surface area (Å²) in [5, 5.41) is 0. The molecule has 0 unspecified atom stereocenters. The van der Waals surface area contributed by atoms with Crippen LogP contribution in [0.25, 0.3) is 5.57 Å². The van der Waals surface area contributed by atoms with Crippen LogP contribution in [0.1, 0.15) is 55.7 Å². The van der Waals surface area contributed by atoms with Gasteiger partial charge in [-0.25, -0.2) is 0 Å². The van der Waals surface area contributed by atoms with Gasteiger partial charge in [-0.2, -0.15) is 0 Å². The lowest BCUT2D eigenvalue weighted by Gasteiger charge is -2.31. The van der Waals surface area contributed by atoms with Gasteiger partial charge in [-0.15, -0.1) is 0 Å². The fourth-order valence-electron chi connectivity index (χ4n) is 4.34. The molecule has 0 nitrogen and oxygen atoms in total. The van der Waals surface area contributed by atoms with Crippen molar-refractivity contribution in [2.75, 3.05) is 0 Å². The van der Waals surface area contributed by atoms with Gasteiger partial charge >= 0.3 is 0 Å². The van der Waals surface area contributed by atoms with Crippen LogP contribution in [0.3, 0.4) is 0 Å². The number of halogens is 1. The highest BCUT2D eigenvalue weighted by molar-refractivity contribution is 14.1. The van der Waals surface area contributed by atoms with Crippen molar-refractivity contribution in [1.29, 1.82) is 0 Å². The Labute approximate surface area is 146 Å². The number of hydrogen-bond donors (Lipinski definition) is 0. The van der Waals surface area contributed by atoms with Gasteiger partial charge in [-0.05, 0) is 82.2 Å². The largest absolute Gasteiger partial charge is 0.0622 e. The van der Waals surface area contributed by atoms with E-state index < -0.39 is 0 Å². The molecule has 0 saturated heterocycles. The van der Waals surface area contributed by atoms with Crippen LogP contribution in [0, 0.1) is 3.57 Å². The molecule has 2 aliphatic rings. The van der Waals surface area contributed by atoms with E-state index >= 15 is 0 Å². The molecule has 0 heterocycles. The van der Waals surface area contributed by atoms with Gasteiger partial charge in [0.15, 0.2) is 0 Å². The summed E-state index contributed by atoms with van der Waals surface area (Å²) in [5.74, 6) is 0.688. The summed E-state index contributed by atoms with van der Waals surface area (Å²) in [6.45, 7) is 4.83. The van der Waals surface area contributed by atoms with Crippen molar-refractivity contribution < 1.29 is 0 Å². The molecule has 112 valence electrons. The van der Waals surface area contributed by atoms with E-state index in [0.29, 0.717) is 5.92 Å². The lowest BCUT2D eigenvalue weighted by Crippen LogP contribution is -2.20. The van der Waals surface area contributed by atoms with E-state index in [-0.39, 0.29) is 5.41 Å². The van der Waals surface area contributed by atoms with Crippen LogP contribution in [0.2, 0.25) is 0 Å². The topological polar surface area (TPSA) is 0 Å². The molecule has 0 spiro atoms. The van der Waals surface area contributed by atoms with Gasteiger partial charge in [-0.1, -0.05) is 55.8 Å². The zero-order valence-corrected chi connectivity index (χ0v) is 15.4. The van der Waals surface area contributed by atoms with E-state index in [9.17, 15) is 0 Å². The van der Waals surface area contributed by atoms with Gasteiger partial charge in [0, 0.05) is 8.99 Å². The molecule has 1 heteroatoms. The lowest BCUT2D eigenvalue weighted by molar-refractivity contribution is 0.530. The van der Waals surface area contributed by atoms with Crippen molar-refractivity contribution in [3.05, 3.63) is 74.4 Å². The van der Waals surface area contributed by atoms with Crippen LogP contribution in [0.5, 0.6) is 0 Å². The fourth-order valence-corrected chi connectivity index (χ4v) is 4.83. The molecule has 0 aliphatic heterocycles. The van der Waals surface area contributed by atoms with Gasteiger partial charge < -0.3 is 0 Å². The first-order valence-corrected chi connectivity index (χ1v) is 9.23. The molecule has 2 aromatic carbocycles. The van der Waals surface area contributed by atoms with Crippen LogP contribution < -0.4 is 0 Å². The number of rotatable bonds is 1. The summed E-state index contributed by atoms with van der Waals surface area (Å²) >= 11 is 2.44.